The van der Waals surface area contributed by atoms with Gasteiger partial charge in [0.15, 0.2) is 5.69 Å². The zero-order valence-electron chi connectivity index (χ0n) is 27.0. The quantitative estimate of drug-likeness (QED) is 0.170. The standard InChI is InChI=1S/C45H24N4S2/c1-48-34-11-21-41-40-20-10-33(24-44(40)51-45(41)25-34)31-7-16-37(17-8-31)49(35-12-2-28(26-46)3-13-35)36-14-5-30(6-15-36)32-9-19-39-38-18-4-29(27-47)22-42(38)50-43(39)23-32/h2-25H. The lowest BCUT2D eigenvalue weighted by atomic mass is 10.0. The van der Waals surface area contributed by atoms with Crippen LogP contribution in [0, 0.1) is 29.2 Å². The minimum Gasteiger partial charge on any atom is -0.311 e. The van der Waals surface area contributed by atoms with Crippen molar-refractivity contribution in [3.05, 3.63) is 168 Å². The van der Waals surface area contributed by atoms with Gasteiger partial charge in [-0.25, -0.2) is 4.85 Å². The predicted molar refractivity (Wildman–Crippen MR) is 213 cm³/mol. The molecule has 0 aliphatic heterocycles. The van der Waals surface area contributed by atoms with Gasteiger partial charge in [-0.1, -0.05) is 66.7 Å². The van der Waals surface area contributed by atoms with Gasteiger partial charge in [-0.2, -0.15) is 10.5 Å². The van der Waals surface area contributed by atoms with E-state index in [1.165, 1.54) is 30.9 Å². The van der Waals surface area contributed by atoms with Gasteiger partial charge in [0, 0.05) is 52.0 Å². The fraction of sp³-hybridized carbons (Fsp3) is 0. The fourth-order valence-electron chi connectivity index (χ4n) is 6.78. The van der Waals surface area contributed by atoms with E-state index in [4.69, 9.17) is 6.57 Å². The lowest BCUT2D eigenvalue weighted by Crippen LogP contribution is -2.09. The second-order valence-electron chi connectivity index (χ2n) is 12.3. The first-order valence-electron chi connectivity index (χ1n) is 16.3. The first-order valence-corrected chi connectivity index (χ1v) is 17.9. The van der Waals surface area contributed by atoms with Crippen molar-refractivity contribution < 1.29 is 0 Å². The van der Waals surface area contributed by atoms with E-state index in [0.717, 1.165) is 48.7 Å². The third-order valence-corrected chi connectivity index (χ3v) is 11.6. The Morgan fingerprint density at radius 1 is 0.431 bits per heavy atom. The van der Waals surface area contributed by atoms with E-state index in [1.807, 2.05) is 54.6 Å². The number of hydrogen-bond acceptors (Lipinski definition) is 5. The monoisotopic (exact) mass is 684 g/mol. The van der Waals surface area contributed by atoms with Gasteiger partial charge in [-0.05, 0) is 107 Å². The van der Waals surface area contributed by atoms with E-state index in [0.29, 0.717) is 16.8 Å². The van der Waals surface area contributed by atoms with Gasteiger partial charge in [-0.3, -0.25) is 0 Å². The molecule has 9 rings (SSSR count). The van der Waals surface area contributed by atoms with Crippen LogP contribution in [-0.2, 0) is 0 Å². The van der Waals surface area contributed by atoms with E-state index < -0.39 is 0 Å². The van der Waals surface area contributed by atoms with E-state index >= 15 is 0 Å². The SMILES string of the molecule is [C-]#[N+]c1ccc2c(c1)sc1cc(-c3ccc(N(c4ccc(C#N)cc4)c4ccc(-c5ccc6c(c5)sc5cc(C#N)ccc56)cc4)cc3)ccc12. The lowest BCUT2D eigenvalue weighted by molar-refractivity contribution is 1.28. The van der Waals surface area contributed by atoms with E-state index in [9.17, 15) is 10.5 Å². The van der Waals surface area contributed by atoms with Crippen LogP contribution in [0.2, 0.25) is 0 Å². The molecule has 0 saturated heterocycles. The summed E-state index contributed by atoms with van der Waals surface area (Å²) in [6.07, 6.45) is 0. The largest absolute Gasteiger partial charge is 0.311 e. The van der Waals surface area contributed by atoms with Crippen LogP contribution >= 0.6 is 22.7 Å². The molecule has 0 unspecified atom stereocenters. The molecule has 0 radical (unpaired) electrons. The van der Waals surface area contributed by atoms with E-state index in [1.54, 1.807) is 22.7 Å². The smallest absolute Gasteiger partial charge is 0.188 e. The number of anilines is 3. The van der Waals surface area contributed by atoms with Crippen molar-refractivity contribution in [2.24, 2.45) is 0 Å². The molecule has 0 spiro atoms. The van der Waals surface area contributed by atoms with Gasteiger partial charge in [-0.15, -0.1) is 22.7 Å². The average molecular weight is 685 g/mol. The molecule has 4 nitrogen and oxygen atoms in total. The van der Waals surface area contributed by atoms with Gasteiger partial charge in [0.05, 0.1) is 29.8 Å². The maximum absolute atomic E-state index is 9.45. The Balaban J connectivity index is 1.06. The van der Waals surface area contributed by atoms with Gasteiger partial charge in [0.25, 0.3) is 0 Å². The number of nitriles is 2. The fourth-order valence-corrected chi connectivity index (χ4v) is 9.14. The third-order valence-electron chi connectivity index (χ3n) is 9.36. The maximum Gasteiger partial charge on any atom is 0.188 e. The van der Waals surface area contributed by atoms with Crippen LogP contribution in [0.15, 0.2) is 146 Å². The summed E-state index contributed by atoms with van der Waals surface area (Å²) in [5, 5.41) is 23.6. The topological polar surface area (TPSA) is 55.2 Å². The zero-order valence-corrected chi connectivity index (χ0v) is 28.6. The lowest BCUT2D eigenvalue weighted by Gasteiger charge is -2.26. The van der Waals surface area contributed by atoms with E-state index in [2.05, 4.69) is 113 Å². The number of thiophene rings is 2. The Bertz CT molecular complexity index is 2760. The molecular formula is C45H24N4S2. The highest BCUT2D eigenvalue weighted by Gasteiger charge is 2.15. The normalized spacial score (nSPS) is 11.1. The van der Waals surface area contributed by atoms with Crippen LogP contribution in [0.5, 0.6) is 0 Å². The summed E-state index contributed by atoms with van der Waals surface area (Å²) in [5.74, 6) is 0. The minimum atomic E-state index is 0.617. The molecule has 0 bridgehead atoms. The van der Waals surface area contributed by atoms with Crippen molar-refractivity contribution in [2.45, 2.75) is 0 Å². The second-order valence-corrected chi connectivity index (χ2v) is 14.5. The molecule has 2 heterocycles. The highest BCUT2D eigenvalue weighted by atomic mass is 32.1. The molecule has 0 aliphatic rings. The summed E-state index contributed by atoms with van der Waals surface area (Å²) in [5.41, 5.74) is 9.45. The highest BCUT2D eigenvalue weighted by Crippen LogP contribution is 2.41. The molecule has 0 amide bonds. The summed E-state index contributed by atoms with van der Waals surface area (Å²) < 4.78 is 4.65. The van der Waals surface area contributed by atoms with Crippen LogP contribution in [0.1, 0.15) is 11.1 Å². The van der Waals surface area contributed by atoms with E-state index in [-0.39, 0.29) is 0 Å². The van der Waals surface area contributed by atoms with Crippen LogP contribution in [0.4, 0.5) is 22.7 Å². The van der Waals surface area contributed by atoms with Crippen molar-refractivity contribution in [1.29, 1.82) is 10.5 Å². The molecule has 51 heavy (non-hydrogen) atoms. The van der Waals surface area contributed by atoms with Gasteiger partial charge in [0.2, 0.25) is 0 Å². The molecular weight excluding hydrogens is 661 g/mol. The van der Waals surface area contributed by atoms with Crippen LogP contribution in [-0.4, -0.2) is 0 Å². The number of benzene rings is 7. The minimum absolute atomic E-state index is 0.617. The highest BCUT2D eigenvalue weighted by molar-refractivity contribution is 7.26. The molecule has 9 aromatic rings. The maximum atomic E-state index is 9.45. The van der Waals surface area contributed by atoms with Gasteiger partial charge in [0.1, 0.15) is 0 Å². The summed E-state index contributed by atoms with van der Waals surface area (Å²) in [6.45, 7) is 7.38. The average Bonchev–Trinajstić information content (AvgIpc) is 3.75. The zero-order chi connectivity index (χ0) is 34.5. The second kappa shape index (κ2) is 12.3. The number of hydrogen-bond donors (Lipinski definition) is 0. The molecule has 0 aliphatic carbocycles. The Kier molecular flexibility index (Phi) is 7.31. The summed E-state index contributed by atoms with van der Waals surface area (Å²) in [4.78, 5) is 5.81. The number of rotatable bonds is 5. The van der Waals surface area contributed by atoms with Crippen molar-refractivity contribution in [3.63, 3.8) is 0 Å². The van der Waals surface area contributed by atoms with Crippen LogP contribution in [0.25, 0.3) is 67.4 Å². The summed E-state index contributed by atoms with van der Waals surface area (Å²) in [7, 11) is 0. The van der Waals surface area contributed by atoms with Crippen molar-refractivity contribution in [2.75, 3.05) is 4.90 Å². The molecule has 236 valence electrons. The Labute approximate surface area is 302 Å². The molecule has 0 atom stereocenters. The Hall–Kier alpha value is -6.75. The van der Waals surface area contributed by atoms with Crippen LogP contribution in [0.3, 0.4) is 0 Å². The van der Waals surface area contributed by atoms with Crippen molar-refractivity contribution in [3.8, 4) is 34.4 Å². The number of fused-ring (bicyclic) bond motifs is 6. The Morgan fingerprint density at radius 3 is 1.31 bits per heavy atom. The first kappa shape index (κ1) is 30.3. The molecule has 2 aromatic heterocycles. The molecule has 6 heteroatoms. The predicted octanol–water partition coefficient (Wildman–Crippen LogP) is 13.5. The van der Waals surface area contributed by atoms with Crippen molar-refractivity contribution in [1.82, 2.24) is 0 Å². The molecule has 0 saturated carbocycles. The first-order chi connectivity index (χ1) is 25.1. The van der Waals surface area contributed by atoms with Gasteiger partial charge >= 0.3 is 0 Å². The van der Waals surface area contributed by atoms with Crippen LogP contribution < -0.4 is 4.90 Å². The van der Waals surface area contributed by atoms with Crippen molar-refractivity contribution >= 4 is 85.8 Å². The Morgan fingerprint density at radius 2 is 0.824 bits per heavy atom. The summed E-state index contributed by atoms with van der Waals surface area (Å²) >= 11 is 3.44. The third kappa shape index (κ3) is 5.35. The molecule has 0 fully saturated rings. The van der Waals surface area contributed by atoms with Gasteiger partial charge < -0.3 is 4.90 Å². The number of nitrogens with zero attached hydrogens (tertiary/aromatic N) is 4. The summed E-state index contributed by atoms with van der Waals surface area (Å²) in [6, 6.07) is 54.4. The molecule has 0 N–H and O–H groups in total. The molecule has 7 aromatic carbocycles.